The molecule has 0 bridgehead atoms. The molecule has 2 heterocycles. The molecule has 0 radical (unpaired) electrons. The highest BCUT2D eigenvalue weighted by molar-refractivity contribution is 6.32. The Balaban J connectivity index is 2.20. The van der Waals surface area contributed by atoms with Crippen molar-refractivity contribution < 1.29 is 0 Å². The summed E-state index contributed by atoms with van der Waals surface area (Å²) in [7, 11) is 1.89. The monoisotopic (exact) mass is 249 g/mol. The highest BCUT2D eigenvalue weighted by Gasteiger charge is 2.09. The second-order valence-corrected chi connectivity index (χ2v) is 4.02. The van der Waals surface area contributed by atoms with Crippen molar-refractivity contribution in [3.8, 4) is 0 Å². The predicted octanol–water partition coefficient (Wildman–Crippen LogP) is 1.74. The van der Waals surface area contributed by atoms with Gasteiger partial charge in [0.15, 0.2) is 5.82 Å². The smallest absolute Gasteiger partial charge is 0.222 e. The van der Waals surface area contributed by atoms with Gasteiger partial charge in [-0.15, -0.1) is 0 Å². The van der Waals surface area contributed by atoms with E-state index < -0.39 is 0 Å². The second-order valence-electron chi connectivity index (χ2n) is 3.62. The Labute approximate surface area is 104 Å². The molecule has 0 aliphatic heterocycles. The zero-order valence-electron chi connectivity index (χ0n) is 9.34. The van der Waals surface area contributed by atoms with Gasteiger partial charge in [-0.1, -0.05) is 17.7 Å². The van der Waals surface area contributed by atoms with Crippen molar-refractivity contribution in [3.63, 3.8) is 0 Å². The van der Waals surface area contributed by atoms with Crippen molar-refractivity contribution >= 4 is 23.4 Å². The van der Waals surface area contributed by atoms with Gasteiger partial charge in [-0.25, -0.2) is 4.98 Å². The fraction of sp³-hybridized carbons (Fsp3) is 0.182. The van der Waals surface area contributed by atoms with Crippen LogP contribution in [0.15, 0.2) is 30.7 Å². The third-order valence-electron chi connectivity index (χ3n) is 2.25. The van der Waals surface area contributed by atoms with Crippen molar-refractivity contribution in [2.24, 2.45) is 0 Å². The fourth-order valence-corrected chi connectivity index (χ4v) is 1.71. The molecule has 0 saturated heterocycles. The number of rotatable bonds is 3. The van der Waals surface area contributed by atoms with Crippen molar-refractivity contribution in [3.05, 3.63) is 41.3 Å². The number of pyridine rings is 1. The molecule has 2 aromatic rings. The lowest BCUT2D eigenvalue weighted by molar-refractivity contribution is 0.888. The Morgan fingerprint density at radius 2 is 2.24 bits per heavy atom. The minimum Gasteiger partial charge on any atom is -0.368 e. The van der Waals surface area contributed by atoms with E-state index in [2.05, 4.69) is 15.0 Å². The number of aromatic nitrogens is 3. The number of hydrogen-bond acceptors (Lipinski definition) is 5. The molecule has 0 aromatic carbocycles. The van der Waals surface area contributed by atoms with E-state index in [1.807, 2.05) is 24.1 Å². The number of anilines is 2. The molecule has 0 fully saturated rings. The lowest BCUT2D eigenvalue weighted by Crippen LogP contribution is -2.19. The van der Waals surface area contributed by atoms with E-state index in [9.17, 15) is 0 Å². The first kappa shape index (κ1) is 11.6. The summed E-state index contributed by atoms with van der Waals surface area (Å²) >= 11 is 6.02. The molecule has 0 spiro atoms. The van der Waals surface area contributed by atoms with Gasteiger partial charge < -0.3 is 10.6 Å². The van der Waals surface area contributed by atoms with Crippen molar-refractivity contribution in [1.82, 2.24) is 15.0 Å². The summed E-state index contributed by atoms with van der Waals surface area (Å²) in [5.74, 6) is 0.824. The van der Waals surface area contributed by atoms with Gasteiger partial charge in [-0.05, 0) is 11.6 Å². The molecule has 2 N–H and O–H groups in total. The Hall–Kier alpha value is -1.88. The summed E-state index contributed by atoms with van der Waals surface area (Å²) in [6.07, 6.45) is 5.03. The van der Waals surface area contributed by atoms with Crippen LogP contribution in [0.5, 0.6) is 0 Å². The average Bonchev–Trinajstić information content (AvgIpc) is 2.33. The van der Waals surface area contributed by atoms with Gasteiger partial charge in [0.1, 0.15) is 5.02 Å². The van der Waals surface area contributed by atoms with Gasteiger partial charge in [0.25, 0.3) is 0 Å². The van der Waals surface area contributed by atoms with Crippen LogP contribution in [0.3, 0.4) is 0 Å². The summed E-state index contributed by atoms with van der Waals surface area (Å²) in [6, 6.07) is 3.88. The molecular weight excluding hydrogens is 238 g/mol. The van der Waals surface area contributed by atoms with Gasteiger partial charge in [0.2, 0.25) is 5.95 Å². The van der Waals surface area contributed by atoms with Crippen LogP contribution in [0, 0.1) is 0 Å². The second kappa shape index (κ2) is 4.97. The van der Waals surface area contributed by atoms with E-state index in [1.165, 1.54) is 6.20 Å². The maximum Gasteiger partial charge on any atom is 0.222 e. The highest BCUT2D eigenvalue weighted by Crippen LogP contribution is 2.23. The summed E-state index contributed by atoms with van der Waals surface area (Å²) in [5, 5.41) is 0.477. The standard InChI is InChI=1S/C11H12ClN5/c1-17(7-8-3-2-4-14-5-8)10-9(12)6-15-11(13)16-10/h2-6H,7H2,1H3,(H2,13,15,16). The number of nitrogen functional groups attached to an aromatic ring is 1. The van der Waals surface area contributed by atoms with Gasteiger partial charge in [-0.2, -0.15) is 4.98 Å². The fourth-order valence-electron chi connectivity index (χ4n) is 1.48. The van der Waals surface area contributed by atoms with Crippen LogP contribution >= 0.6 is 11.6 Å². The number of halogens is 1. The van der Waals surface area contributed by atoms with Crippen LogP contribution < -0.4 is 10.6 Å². The number of nitrogens with zero attached hydrogens (tertiary/aromatic N) is 4. The highest BCUT2D eigenvalue weighted by atomic mass is 35.5. The van der Waals surface area contributed by atoms with E-state index in [0.717, 1.165) is 5.56 Å². The van der Waals surface area contributed by atoms with Crippen LogP contribution in [-0.4, -0.2) is 22.0 Å². The third-order valence-corrected chi connectivity index (χ3v) is 2.51. The molecule has 2 aromatic heterocycles. The first-order valence-corrected chi connectivity index (χ1v) is 5.42. The van der Waals surface area contributed by atoms with Gasteiger partial charge >= 0.3 is 0 Å². The van der Waals surface area contributed by atoms with Gasteiger partial charge in [0.05, 0.1) is 6.20 Å². The van der Waals surface area contributed by atoms with E-state index in [0.29, 0.717) is 17.4 Å². The maximum atomic E-state index is 6.02. The molecule has 0 atom stereocenters. The number of hydrogen-bond donors (Lipinski definition) is 1. The Morgan fingerprint density at radius 3 is 2.94 bits per heavy atom. The molecule has 0 aliphatic carbocycles. The molecule has 2 rings (SSSR count). The molecule has 0 unspecified atom stereocenters. The van der Waals surface area contributed by atoms with E-state index in [1.54, 1.807) is 12.4 Å². The lowest BCUT2D eigenvalue weighted by atomic mass is 10.3. The van der Waals surface area contributed by atoms with Gasteiger partial charge in [-0.3, -0.25) is 4.98 Å². The van der Waals surface area contributed by atoms with Crippen molar-refractivity contribution in [2.75, 3.05) is 17.7 Å². The maximum absolute atomic E-state index is 6.02. The summed E-state index contributed by atoms with van der Waals surface area (Å²) < 4.78 is 0. The Morgan fingerprint density at radius 1 is 1.41 bits per heavy atom. The van der Waals surface area contributed by atoms with E-state index >= 15 is 0 Å². The molecule has 0 saturated carbocycles. The van der Waals surface area contributed by atoms with E-state index in [-0.39, 0.29) is 5.95 Å². The summed E-state index contributed by atoms with van der Waals surface area (Å²) in [4.78, 5) is 13.9. The summed E-state index contributed by atoms with van der Waals surface area (Å²) in [5.41, 5.74) is 6.61. The minimum atomic E-state index is 0.211. The Bertz CT molecular complexity index is 502. The zero-order valence-corrected chi connectivity index (χ0v) is 10.1. The van der Waals surface area contributed by atoms with Gasteiger partial charge in [0, 0.05) is 26.0 Å². The zero-order chi connectivity index (χ0) is 12.3. The van der Waals surface area contributed by atoms with Crippen LogP contribution in [-0.2, 0) is 6.54 Å². The van der Waals surface area contributed by atoms with Crippen LogP contribution in [0.4, 0.5) is 11.8 Å². The molecular formula is C11H12ClN5. The topological polar surface area (TPSA) is 67.9 Å². The molecule has 0 aliphatic rings. The largest absolute Gasteiger partial charge is 0.368 e. The predicted molar refractivity (Wildman–Crippen MR) is 67.8 cm³/mol. The van der Waals surface area contributed by atoms with E-state index in [4.69, 9.17) is 17.3 Å². The van der Waals surface area contributed by atoms with Crippen LogP contribution in [0.2, 0.25) is 5.02 Å². The molecule has 6 heteroatoms. The van der Waals surface area contributed by atoms with Crippen molar-refractivity contribution in [2.45, 2.75) is 6.54 Å². The first-order valence-electron chi connectivity index (χ1n) is 5.05. The quantitative estimate of drug-likeness (QED) is 0.898. The third kappa shape index (κ3) is 2.82. The van der Waals surface area contributed by atoms with Crippen LogP contribution in [0.25, 0.3) is 0 Å². The average molecular weight is 250 g/mol. The number of nitrogens with two attached hydrogens (primary N) is 1. The summed E-state index contributed by atoms with van der Waals surface area (Å²) in [6.45, 7) is 0.657. The molecule has 5 nitrogen and oxygen atoms in total. The molecule has 88 valence electrons. The Kier molecular flexibility index (Phi) is 3.39. The SMILES string of the molecule is CN(Cc1cccnc1)c1nc(N)ncc1Cl. The molecule has 17 heavy (non-hydrogen) atoms. The van der Waals surface area contributed by atoms with Crippen LogP contribution in [0.1, 0.15) is 5.56 Å². The minimum absolute atomic E-state index is 0.211. The van der Waals surface area contributed by atoms with Crippen molar-refractivity contribution in [1.29, 1.82) is 0 Å². The first-order chi connectivity index (χ1) is 8.16. The molecule has 0 amide bonds. The normalized spacial score (nSPS) is 10.2. The lowest BCUT2D eigenvalue weighted by Gasteiger charge is -2.19.